The second-order valence-electron chi connectivity index (χ2n) is 32.2. The summed E-state index contributed by atoms with van der Waals surface area (Å²) in [7, 11) is 0. The number of nitrogens with one attached hydrogen (secondary N) is 4. The topological polar surface area (TPSA) is 294 Å². The minimum Gasteiger partial charge on any atom is -0.350 e. The summed E-state index contributed by atoms with van der Waals surface area (Å²) in [6.07, 6.45) is 34.5. The van der Waals surface area contributed by atoms with E-state index in [1.54, 1.807) is 73.6 Å². The van der Waals surface area contributed by atoms with Crippen LogP contribution in [0.25, 0.3) is 77.9 Å². The Kier molecular flexibility index (Phi) is 28.3. The highest BCUT2D eigenvalue weighted by molar-refractivity contribution is 8.00. The van der Waals surface area contributed by atoms with Crippen LogP contribution in [0.1, 0.15) is 98.2 Å². The van der Waals surface area contributed by atoms with Crippen LogP contribution in [-0.4, -0.2) is 105 Å². The lowest BCUT2D eigenvalue weighted by atomic mass is 9.94. The third-order valence-corrected chi connectivity index (χ3v) is 25.0. The number of nitro groups is 1. The lowest BCUT2D eigenvalue weighted by Gasteiger charge is -2.33. The van der Waals surface area contributed by atoms with Gasteiger partial charge in [0.15, 0.2) is 0 Å². The summed E-state index contributed by atoms with van der Waals surface area (Å²) in [6.45, 7) is 7.71. The zero-order valence-corrected chi connectivity index (χ0v) is 74.2. The van der Waals surface area contributed by atoms with Gasteiger partial charge in [0.2, 0.25) is 35.4 Å². The van der Waals surface area contributed by atoms with Crippen molar-refractivity contribution in [3.8, 4) is 77.9 Å². The number of nitro benzene ring substituents is 1. The fraction of sp³-hybridized carbons (Fsp3) is 0.192. The molecule has 14 aromatic rings. The van der Waals surface area contributed by atoms with E-state index in [-0.39, 0.29) is 47.2 Å². The van der Waals surface area contributed by atoms with Crippen LogP contribution in [0.4, 0.5) is 45.5 Å². The van der Waals surface area contributed by atoms with Gasteiger partial charge in [0.1, 0.15) is 5.69 Å². The Morgan fingerprint density at radius 2 is 0.792 bits per heavy atom. The number of carbonyl (C=O) groups excluding carboxylic acids is 6. The number of carbonyl (C=O) groups is 6. The van der Waals surface area contributed by atoms with Crippen LogP contribution >= 0.6 is 35.6 Å². The van der Waals surface area contributed by atoms with Gasteiger partial charge in [-0.1, -0.05) is 90.5 Å². The number of nitrogens with zero attached hydrogens (tertiary/aromatic N) is 11. The summed E-state index contributed by atoms with van der Waals surface area (Å²) < 4.78 is 0. The van der Waals surface area contributed by atoms with Crippen LogP contribution in [0, 0.1) is 10.1 Å². The number of thiocarbonyl (C=S) groups is 1. The average Bonchev–Trinajstić information content (AvgIpc) is 1.61. The molecule has 23 nitrogen and oxygen atoms in total. The number of pyridine rings is 7. The van der Waals surface area contributed by atoms with Crippen molar-refractivity contribution in [3.05, 3.63) is 335 Å². The summed E-state index contributed by atoms with van der Waals surface area (Å²) in [5.74, 6) is 1.12. The van der Waals surface area contributed by atoms with Crippen LogP contribution in [0.5, 0.6) is 0 Å². The normalized spacial score (nSPS) is 14.4. The molecule has 0 bridgehead atoms. The van der Waals surface area contributed by atoms with Crippen LogP contribution in [0.15, 0.2) is 286 Å². The largest absolute Gasteiger partial charge is 0.350 e. The van der Waals surface area contributed by atoms with Crippen LogP contribution < -0.4 is 36.0 Å². The summed E-state index contributed by atoms with van der Waals surface area (Å²) in [4.78, 5) is 117. The highest BCUT2D eigenvalue weighted by atomic mass is 35.5. The SMILES string of the molecule is CC(C)N1C(=O)CCc2cc(-c3cccnc3)ccc21.CCN1C(=O)CCc2cc(-c3cccnc3)ccc21.O=C1CCc2cc(-c3cccnc3)cc(Cl)c2N1.O=C1CCc2cc(-c3cccnc3)cc([N+](=O)[O-])c2N1.O=C1CCc2cc(-c3cccnc3)cc3c2N1CC3.O=C1CSc2cc(-c3cccnc3)ccc2N1.S=C1CCc2cc(-c3cccnc3)ccc2N1. The third-order valence-electron chi connectivity index (χ3n) is 23.3. The van der Waals surface area contributed by atoms with Crippen molar-refractivity contribution >= 4 is 122 Å². The number of aryl methyl sites for hydroxylation is 6. The van der Waals surface area contributed by atoms with Crippen molar-refractivity contribution in [2.75, 3.05) is 54.8 Å². The van der Waals surface area contributed by atoms with Gasteiger partial charge in [-0.25, -0.2) is 0 Å². The molecule has 0 saturated carbocycles. The van der Waals surface area contributed by atoms with Gasteiger partial charge < -0.3 is 36.0 Å². The molecule has 7 aromatic heterocycles. The Morgan fingerprint density at radius 1 is 0.392 bits per heavy atom. The number of amides is 6. The quantitative estimate of drug-likeness (QED) is 0.0562. The first-order valence-electron chi connectivity index (χ1n) is 43.2. The first-order chi connectivity index (χ1) is 63.3. The Morgan fingerprint density at radius 3 is 1.30 bits per heavy atom. The maximum Gasteiger partial charge on any atom is 0.293 e. The van der Waals surface area contributed by atoms with E-state index in [4.69, 9.17) is 23.8 Å². The molecule has 0 radical (unpaired) electrons. The molecule has 0 fully saturated rings. The number of hydrogen-bond donors (Lipinski definition) is 4. The Balaban J connectivity index is 0.000000111. The molecule has 26 heteroatoms. The molecule has 650 valence electrons. The highest BCUT2D eigenvalue weighted by Gasteiger charge is 2.33. The molecule has 0 unspecified atom stereocenters. The molecule has 0 atom stereocenters. The molecule has 8 aliphatic rings. The summed E-state index contributed by atoms with van der Waals surface area (Å²) in [6, 6.07) is 64.6. The van der Waals surface area contributed by atoms with Crippen LogP contribution in [-0.2, 0) is 73.7 Å². The van der Waals surface area contributed by atoms with E-state index in [2.05, 4.69) is 173 Å². The smallest absolute Gasteiger partial charge is 0.293 e. The minimum atomic E-state index is -0.468. The molecule has 22 rings (SSSR count). The second kappa shape index (κ2) is 41.4. The molecule has 7 aromatic carbocycles. The number of halogens is 1. The molecule has 4 N–H and O–H groups in total. The third kappa shape index (κ3) is 21.3. The lowest BCUT2D eigenvalue weighted by Crippen LogP contribution is -2.40. The Bertz CT molecular complexity index is 6450. The average molecular weight is 1780 g/mol. The van der Waals surface area contributed by atoms with E-state index in [0.29, 0.717) is 55.0 Å². The number of aromatic nitrogens is 7. The Labute approximate surface area is 767 Å². The van der Waals surface area contributed by atoms with Crippen molar-refractivity contribution < 1.29 is 33.7 Å². The maximum absolute atomic E-state index is 12.1. The number of anilines is 7. The van der Waals surface area contributed by atoms with Crippen LogP contribution in [0.2, 0.25) is 5.02 Å². The van der Waals surface area contributed by atoms with Crippen molar-refractivity contribution in [2.45, 2.75) is 115 Å². The first kappa shape index (κ1) is 88.8. The predicted octanol–water partition coefficient (Wildman–Crippen LogP) is 21.1. The lowest BCUT2D eigenvalue weighted by molar-refractivity contribution is -0.383. The minimum absolute atomic E-state index is 0.0264. The highest BCUT2D eigenvalue weighted by Crippen LogP contribution is 2.43. The number of thioether (sulfide) groups is 1. The number of rotatable bonds is 10. The van der Waals surface area contributed by atoms with Gasteiger partial charge in [0.25, 0.3) is 5.69 Å². The summed E-state index contributed by atoms with van der Waals surface area (Å²) >= 11 is 13.0. The number of hydrogen-bond acceptors (Lipinski definition) is 17. The molecule has 0 spiro atoms. The molecular weight excluding hydrogens is 1690 g/mol. The zero-order chi connectivity index (χ0) is 90.2. The van der Waals surface area contributed by atoms with E-state index in [1.165, 1.54) is 50.7 Å². The van der Waals surface area contributed by atoms with Gasteiger partial charge in [-0.3, -0.25) is 73.8 Å². The monoisotopic (exact) mass is 1780 g/mol. The van der Waals surface area contributed by atoms with Crippen molar-refractivity contribution in [1.82, 2.24) is 34.9 Å². The van der Waals surface area contributed by atoms with Crippen LogP contribution in [0.3, 0.4) is 0 Å². The van der Waals surface area contributed by atoms with Gasteiger partial charge in [0, 0.05) is 195 Å². The number of fused-ring (bicyclic) bond motifs is 6. The molecule has 6 amide bonds. The fourth-order valence-electron chi connectivity index (χ4n) is 16.9. The fourth-order valence-corrected chi connectivity index (χ4v) is 18.3. The molecule has 8 aliphatic heterocycles. The second-order valence-corrected chi connectivity index (χ2v) is 34.1. The van der Waals surface area contributed by atoms with Crippen molar-refractivity contribution in [3.63, 3.8) is 0 Å². The van der Waals surface area contributed by atoms with E-state index in [0.717, 1.165) is 174 Å². The van der Waals surface area contributed by atoms with E-state index >= 15 is 0 Å². The molecule has 0 aliphatic carbocycles. The van der Waals surface area contributed by atoms with Gasteiger partial charge in [-0.2, -0.15) is 0 Å². The molecule has 15 heterocycles. The first-order valence-corrected chi connectivity index (χ1v) is 45.0. The van der Waals surface area contributed by atoms with Gasteiger partial charge >= 0.3 is 0 Å². The standard InChI is InChI=1S/C17H18N2O.C16H14N2O.C16H16N2O.C14H11ClN2O.C14H11N3O3.C14H12N2S.C13H10N2OS/c1-12(2)19-16-7-5-13(15-4-3-9-18-11-15)10-14(16)6-8-17(19)20;19-15-4-3-11-8-14(13-2-1-6-17-10-13)9-12-5-7-18(15)16(11)12;1-2-18-15-7-5-12(14-4-3-9-17-11-14)10-13(15)6-8-16(18)19;15-12-7-11(10-2-1-5-16-8-10)6-9-3-4-13(18)17-14(9)12;18-13-4-3-9-6-11(10-2-1-5-15-8-10)7-12(17(19)20)14(9)16-13;17-14-6-4-11-8-10(3-5-13(11)16-14)12-2-1-7-15-9-12;16-13-8-17-12-6-9(3-4-11(12)15-13)10-2-1-5-14-7-10/h3-5,7,9-12H,6,8H2,1-2H3;1-2,6,8-10H,3-5,7H2;3-5,7,9-11H,2,6,8H2,1H3;1-2,5-8H,3-4H2,(H,17,18);1-2,5-8H,3-4H2,(H,16,18);1-3,5,7-9H,4,6H2,(H,16,17);1-7H,8H2,(H,15,16). The molecular formula is C104H92ClN15O8S2. The Hall–Kier alpha value is -14.7. The van der Waals surface area contributed by atoms with Gasteiger partial charge in [0.05, 0.1) is 37.7 Å². The molecule has 130 heavy (non-hydrogen) atoms. The van der Waals surface area contributed by atoms with Gasteiger partial charge in [-0.15, -0.1) is 11.8 Å². The summed E-state index contributed by atoms with van der Waals surface area (Å²) in [5, 5.41) is 23.3. The van der Waals surface area contributed by atoms with E-state index < -0.39 is 4.92 Å². The predicted molar refractivity (Wildman–Crippen MR) is 519 cm³/mol. The molecule has 0 saturated heterocycles. The number of benzene rings is 7. The van der Waals surface area contributed by atoms with Crippen molar-refractivity contribution in [1.29, 1.82) is 0 Å². The van der Waals surface area contributed by atoms with Crippen molar-refractivity contribution in [2.24, 2.45) is 0 Å². The zero-order valence-electron chi connectivity index (χ0n) is 71.8. The summed E-state index contributed by atoms with van der Waals surface area (Å²) in [5.41, 5.74) is 29.8. The van der Waals surface area contributed by atoms with Gasteiger partial charge in [-0.05, 0) is 282 Å². The maximum atomic E-state index is 12.1. The van der Waals surface area contributed by atoms with E-state index in [1.807, 2.05) is 131 Å². The van der Waals surface area contributed by atoms with E-state index in [9.17, 15) is 38.9 Å².